The van der Waals surface area contributed by atoms with Crippen LogP contribution in [0.25, 0.3) is 5.69 Å². The predicted molar refractivity (Wildman–Crippen MR) is 70.0 cm³/mol. The van der Waals surface area contributed by atoms with E-state index in [1.807, 2.05) is 10.7 Å². The zero-order valence-electron chi connectivity index (χ0n) is 10.7. The lowest BCUT2D eigenvalue weighted by molar-refractivity contribution is 0.728. The molecule has 2 aromatic rings. The van der Waals surface area contributed by atoms with Crippen LogP contribution in [0.2, 0.25) is 0 Å². The second-order valence-electron chi connectivity index (χ2n) is 4.83. The highest BCUT2D eigenvalue weighted by Crippen LogP contribution is 2.20. The molecular formula is C14H18N2O. The Morgan fingerprint density at radius 3 is 2.47 bits per heavy atom. The van der Waals surface area contributed by atoms with E-state index in [1.54, 1.807) is 6.07 Å². The summed E-state index contributed by atoms with van der Waals surface area (Å²) in [6.07, 6.45) is 0. The third-order valence-corrected chi connectivity index (χ3v) is 2.94. The Hall–Kier alpha value is -1.77. The Kier molecular flexibility index (Phi) is 2.92. The summed E-state index contributed by atoms with van der Waals surface area (Å²) in [6, 6.07) is 7.90. The summed E-state index contributed by atoms with van der Waals surface area (Å²) in [7, 11) is 0. The van der Waals surface area contributed by atoms with Gasteiger partial charge in [-0.05, 0) is 31.4 Å². The molecule has 90 valence electrons. The van der Waals surface area contributed by atoms with Gasteiger partial charge in [0, 0.05) is 11.8 Å². The van der Waals surface area contributed by atoms with E-state index in [1.165, 1.54) is 11.1 Å². The van der Waals surface area contributed by atoms with Crippen LogP contribution < -0.4 is 5.56 Å². The van der Waals surface area contributed by atoms with E-state index in [2.05, 4.69) is 44.9 Å². The fraction of sp³-hybridized carbons (Fsp3) is 0.357. The van der Waals surface area contributed by atoms with E-state index < -0.39 is 0 Å². The molecule has 0 fully saturated rings. The normalized spacial score (nSPS) is 11.1. The number of nitrogens with one attached hydrogen (secondary N) is 1. The van der Waals surface area contributed by atoms with Gasteiger partial charge in [-0.3, -0.25) is 14.6 Å². The molecule has 17 heavy (non-hydrogen) atoms. The minimum absolute atomic E-state index is 0.0475. The summed E-state index contributed by atoms with van der Waals surface area (Å²) < 4.78 is 1.89. The summed E-state index contributed by atoms with van der Waals surface area (Å²) >= 11 is 0. The third kappa shape index (κ3) is 2.18. The molecular weight excluding hydrogens is 212 g/mol. The molecule has 0 radical (unpaired) electrons. The van der Waals surface area contributed by atoms with Crippen molar-refractivity contribution in [1.29, 1.82) is 0 Å². The zero-order chi connectivity index (χ0) is 12.6. The van der Waals surface area contributed by atoms with Gasteiger partial charge >= 0.3 is 0 Å². The molecule has 0 saturated carbocycles. The Morgan fingerprint density at radius 2 is 1.88 bits per heavy atom. The van der Waals surface area contributed by atoms with Gasteiger partial charge in [0.1, 0.15) is 0 Å². The highest BCUT2D eigenvalue weighted by molar-refractivity contribution is 5.43. The SMILES string of the molecule is Cc1ccc(-n2[nH]c(=O)cc2C(C)C)c(C)c1. The van der Waals surface area contributed by atoms with Crippen LogP contribution >= 0.6 is 0 Å². The molecule has 0 bridgehead atoms. The first-order valence-corrected chi connectivity index (χ1v) is 5.88. The molecule has 1 N–H and O–H groups in total. The Labute approximate surface area is 101 Å². The summed E-state index contributed by atoms with van der Waals surface area (Å²) in [5.74, 6) is 0.314. The average molecular weight is 230 g/mol. The molecule has 2 rings (SSSR count). The average Bonchev–Trinajstić information content (AvgIpc) is 2.60. The van der Waals surface area contributed by atoms with Gasteiger partial charge in [-0.1, -0.05) is 31.5 Å². The van der Waals surface area contributed by atoms with Crippen molar-refractivity contribution in [1.82, 2.24) is 9.78 Å². The van der Waals surface area contributed by atoms with Crippen molar-refractivity contribution in [3.63, 3.8) is 0 Å². The van der Waals surface area contributed by atoms with Crippen molar-refractivity contribution in [3.05, 3.63) is 51.4 Å². The highest BCUT2D eigenvalue weighted by atomic mass is 16.1. The van der Waals surface area contributed by atoms with Crippen LogP contribution in [-0.2, 0) is 0 Å². The van der Waals surface area contributed by atoms with Crippen molar-refractivity contribution in [2.75, 3.05) is 0 Å². The highest BCUT2D eigenvalue weighted by Gasteiger charge is 2.11. The lowest BCUT2D eigenvalue weighted by Crippen LogP contribution is -2.07. The molecule has 3 nitrogen and oxygen atoms in total. The molecule has 3 heteroatoms. The second kappa shape index (κ2) is 4.24. The zero-order valence-corrected chi connectivity index (χ0v) is 10.7. The summed E-state index contributed by atoms with van der Waals surface area (Å²) in [4.78, 5) is 11.5. The van der Waals surface area contributed by atoms with E-state index >= 15 is 0 Å². The van der Waals surface area contributed by atoms with Crippen molar-refractivity contribution in [3.8, 4) is 5.69 Å². The van der Waals surface area contributed by atoms with E-state index in [4.69, 9.17) is 0 Å². The number of nitrogens with zero attached hydrogens (tertiary/aromatic N) is 1. The fourth-order valence-corrected chi connectivity index (χ4v) is 2.09. The van der Waals surface area contributed by atoms with Crippen LogP contribution in [0.5, 0.6) is 0 Å². The maximum Gasteiger partial charge on any atom is 0.264 e. The first-order chi connectivity index (χ1) is 7.99. The quantitative estimate of drug-likeness (QED) is 0.846. The van der Waals surface area contributed by atoms with Crippen LogP contribution in [-0.4, -0.2) is 9.78 Å². The number of benzene rings is 1. The van der Waals surface area contributed by atoms with Gasteiger partial charge in [0.2, 0.25) is 0 Å². The van der Waals surface area contributed by atoms with Gasteiger partial charge in [0.15, 0.2) is 0 Å². The molecule has 0 saturated heterocycles. The van der Waals surface area contributed by atoms with Crippen molar-refractivity contribution in [2.24, 2.45) is 0 Å². The first kappa shape index (κ1) is 11.7. The smallest absolute Gasteiger partial charge is 0.264 e. The topological polar surface area (TPSA) is 37.8 Å². The molecule has 0 spiro atoms. The maximum absolute atomic E-state index is 11.5. The molecule has 0 aliphatic rings. The largest absolute Gasteiger partial charge is 0.268 e. The van der Waals surface area contributed by atoms with Gasteiger partial charge in [-0.25, -0.2) is 0 Å². The molecule has 1 aromatic heterocycles. The predicted octanol–water partition coefficient (Wildman–Crippen LogP) is 2.91. The van der Waals surface area contributed by atoms with Crippen LogP contribution in [0.15, 0.2) is 29.1 Å². The number of hydrogen-bond donors (Lipinski definition) is 1. The number of aromatic amines is 1. The monoisotopic (exact) mass is 230 g/mol. The minimum atomic E-state index is -0.0475. The van der Waals surface area contributed by atoms with E-state index in [0.717, 1.165) is 11.4 Å². The van der Waals surface area contributed by atoms with Crippen LogP contribution in [0, 0.1) is 13.8 Å². The van der Waals surface area contributed by atoms with Gasteiger partial charge in [0.05, 0.1) is 5.69 Å². The third-order valence-electron chi connectivity index (χ3n) is 2.94. The number of rotatable bonds is 2. The number of hydrogen-bond acceptors (Lipinski definition) is 1. The second-order valence-corrected chi connectivity index (χ2v) is 4.83. The Bertz CT molecular complexity index is 591. The maximum atomic E-state index is 11.5. The lowest BCUT2D eigenvalue weighted by atomic mass is 10.1. The Morgan fingerprint density at radius 1 is 1.18 bits per heavy atom. The lowest BCUT2D eigenvalue weighted by Gasteiger charge is -2.13. The van der Waals surface area contributed by atoms with Crippen molar-refractivity contribution in [2.45, 2.75) is 33.6 Å². The molecule has 0 aliphatic heterocycles. The first-order valence-electron chi connectivity index (χ1n) is 5.88. The minimum Gasteiger partial charge on any atom is -0.268 e. The molecule has 0 atom stereocenters. The van der Waals surface area contributed by atoms with Crippen LogP contribution in [0.3, 0.4) is 0 Å². The molecule has 1 heterocycles. The van der Waals surface area contributed by atoms with E-state index in [9.17, 15) is 4.79 Å². The molecule has 0 aliphatic carbocycles. The van der Waals surface area contributed by atoms with E-state index in [-0.39, 0.29) is 5.56 Å². The molecule has 1 aromatic carbocycles. The van der Waals surface area contributed by atoms with Crippen LogP contribution in [0.4, 0.5) is 0 Å². The fourth-order valence-electron chi connectivity index (χ4n) is 2.09. The molecule has 0 unspecified atom stereocenters. The van der Waals surface area contributed by atoms with Gasteiger partial charge in [0.25, 0.3) is 5.56 Å². The van der Waals surface area contributed by atoms with Crippen LogP contribution in [0.1, 0.15) is 36.6 Å². The standard InChI is InChI=1S/C14H18N2O/c1-9(2)13-8-14(17)15-16(13)12-6-5-10(3)7-11(12)4/h5-9H,1-4H3,(H,15,17). The summed E-state index contributed by atoms with van der Waals surface area (Å²) in [6.45, 7) is 8.30. The number of H-pyrrole nitrogens is 1. The van der Waals surface area contributed by atoms with Gasteiger partial charge in [-0.2, -0.15) is 0 Å². The van der Waals surface area contributed by atoms with Gasteiger partial charge < -0.3 is 0 Å². The number of aryl methyl sites for hydroxylation is 2. The van der Waals surface area contributed by atoms with Crippen molar-refractivity contribution >= 4 is 0 Å². The Balaban J connectivity index is 2.64. The van der Waals surface area contributed by atoms with Crippen molar-refractivity contribution < 1.29 is 0 Å². The summed E-state index contributed by atoms with van der Waals surface area (Å²) in [5.41, 5.74) is 4.41. The number of aromatic nitrogens is 2. The molecule has 0 amide bonds. The van der Waals surface area contributed by atoms with Gasteiger partial charge in [-0.15, -0.1) is 0 Å². The summed E-state index contributed by atoms with van der Waals surface area (Å²) in [5, 5.41) is 2.86. The van der Waals surface area contributed by atoms with E-state index in [0.29, 0.717) is 5.92 Å².